The van der Waals surface area contributed by atoms with Crippen molar-refractivity contribution in [3.63, 3.8) is 0 Å². The Morgan fingerprint density at radius 3 is 2.52 bits per heavy atom. The molecule has 0 amide bonds. The molecule has 2 heterocycles. The van der Waals surface area contributed by atoms with Crippen molar-refractivity contribution in [1.82, 2.24) is 0 Å². The van der Waals surface area contributed by atoms with Crippen molar-refractivity contribution in [1.29, 1.82) is 0 Å². The molecule has 0 saturated carbocycles. The number of hydrogen-bond donors (Lipinski definition) is 0. The van der Waals surface area contributed by atoms with Crippen LogP contribution in [0.25, 0.3) is 6.08 Å². The zero-order valence-electron chi connectivity index (χ0n) is 18.1. The first-order valence-corrected chi connectivity index (χ1v) is 11.1. The molecule has 4 heteroatoms. The summed E-state index contributed by atoms with van der Waals surface area (Å²) in [6, 6.07) is 20.9. The average molecular weight is 419 g/mol. The van der Waals surface area contributed by atoms with Crippen molar-refractivity contribution < 1.29 is 18.9 Å². The maximum atomic E-state index is 6.37. The van der Waals surface area contributed by atoms with E-state index in [2.05, 4.69) is 60.7 Å². The van der Waals surface area contributed by atoms with Crippen molar-refractivity contribution >= 4 is 6.08 Å². The van der Waals surface area contributed by atoms with E-state index in [4.69, 9.17) is 18.9 Å². The normalized spacial score (nSPS) is 31.4. The van der Waals surface area contributed by atoms with E-state index in [0.717, 1.165) is 12.0 Å². The molecule has 1 aliphatic carbocycles. The van der Waals surface area contributed by atoms with E-state index in [9.17, 15) is 0 Å². The van der Waals surface area contributed by atoms with Crippen LogP contribution >= 0.6 is 0 Å². The summed E-state index contributed by atoms with van der Waals surface area (Å²) in [5.74, 6) is -0.284. The number of benzene rings is 2. The molecule has 4 nitrogen and oxygen atoms in total. The molecular formula is C27H30O4. The molecule has 0 radical (unpaired) electrons. The first-order chi connectivity index (χ1) is 15.1. The van der Waals surface area contributed by atoms with Gasteiger partial charge in [0, 0.05) is 5.92 Å². The molecule has 0 unspecified atom stereocenters. The summed E-state index contributed by atoms with van der Waals surface area (Å²) in [6.45, 7) is 5.14. The highest BCUT2D eigenvalue weighted by atomic mass is 16.8. The third kappa shape index (κ3) is 4.53. The Morgan fingerprint density at radius 1 is 1.00 bits per heavy atom. The molecule has 0 bridgehead atoms. The summed E-state index contributed by atoms with van der Waals surface area (Å²) >= 11 is 0. The standard InChI is InChI=1S/C27H30O4/c1-27(2)30-23-17-22-21(16-20-12-7-4-8-13-20)18-29-24(22)26(25(23)31-27)28-15-9-14-19-10-5-3-6-11-19/h3-14,17,21,23-26H,15-16,18H2,1-2H3/b14-9+/t21-,23-,24-,25-,26-/m1/s1. The second-order valence-electron chi connectivity index (χ2n) is 8.98. The number of ether oxygens (including phenoxy) is 4. The van der Waals surface area contributed by atoms with Crippen LogP contribution in [0.15, 0.2) is 78.4 Å². The molecule has 2 saturated heterocycles. The van der Waals surface area contributed by atoms with Gasteiger partial charge in [0.05, 0.1) is 13.2 Å². The summed E-state index contributed by atoms with van der Waals surface area (Å²) in [7, 11) is 0. The molecular weight excluding hydrogens is 388 g/mol. The SMILES string of the molecule is CC1(C)O[C@H]2[C@H](OC/C=C/c3ccccc3)[C@@H]3OC[C@@H](Cc4ccccc4)C3=C[C@H]2O1. The quantitative estimate of drug-likeness (QED) is 0.632. The molecule has 5 atom stereocenters. The average Bonchev–Trinajstić information content (AvgIpc) is 3.31. The zero-order valence-corrected chi connectivity index (χ0v) is 18.1. The van der Waals surface area contributed by atoms with Crippen LogP contribution in [0.5, 0.6) is 0 Å². The van der Waals surface area contributed by atoms with Crippen LogP contribution in [0, 0.1) is 5.92 Å². The molecule has 31 heavy (non-hydrogen) atoms. The molecule has 2 aromatic rings. The minimum Gasteiger partial charge on any atom is -0.370 e. The van der Waals surface area contributed by atoms with Gasteiger partial charge in [-0.3, -0.25) is 0 Å². The molecule has 5 rings (SSSR count). The summed E-state index contributed by atoms with van der Waals surface area (Å²) in [4.78, 5) is 0. The van der Waals surface area contributed by atoms with E-state index < -0.39 is 5.79 Å². The fraction of sp³-hybridized carbons (Fsp3) is 0.407. The fourth-order valence-corrected chi connectivity index (χ4v) is 4.89. The maximum absolute atomic E-state index is 6.37. The van der Waals surface area contributed by atoms with Crippen molar-refractivity contribution in [2.45, 2.75) is 50.5 Å². The van der Waals surface area contributed by atoms with Gasteiger partial charge in [-0.05, 0) is 37.0 Å². The lowest BCUT2D eigenvalue weighted by molar-refractivity contribution is -0.166. The van der Waals surface area contributed by atoms with Crippen LogP contribution in [-0.2, 0) is 25.4 Å². The molecule has 0 N–H and O–H groups in total. The Bertz CT molecular complexity index is 934. The van der Waals surface area contributed by atoms with E-state index >= 15 is 0 Å². The van der Waals surface area contributed by atoms with Crippen LogP contribution in [0.3, 0.4) is 0 Å². The van der Waals surface area contributed by atoms with Gasteiger partial charge in [-0.25, -0.2) is 0 Å². The molecule has 2 aromatic carbocycles. The Morgan fingerprint density at radius 2 is 1.74 bits per heavy atom. The summed E-state index contributed by atoms with van der Waals surface area (Å²) in [6.07, 6.45) is 6.80. The van der Waals surface area contributed by atoms with Crippen LogP contribution in [0.4, 0.5) is 0 Å². The summed E-state index contributed by atoms with van der Waals surface area (Å²) in [5, 5.41) is 0. The lowest BCUT2D eigenvalue weighted by atomic mass is 9.82. The lowest BCUT2D eigenvalue weighted by Gasteiger charge is -2.34. The van der Waals surface area contributed by atoms with E-state index in [1.165, 1.54) is 11.1 Å². The molecule has 2 aliphatic heterocycles. The Kier molecular flexibility index (Phi) is 5.81. The Hall–Kier alpha value is -2.24. The third-order valence-corrected chi connectivity index (χ3v) is 6.24. The smallest absolute Gasteiger partial charge is 0.164 e. The second-order valence-corrected chi connectivity index (χ2v) is 8.98. The molecule has 2 fully saturated rings. The number of fused-ring (bicyclic) bond motifs is 2. The largest absolute Gasteiger partial charge is 0.370 e. The predicted octanol–water partition coefficient (Wildman–Crippen LogP) is 4.80. The topological polar surface area (TPSA) is 36.9 Å². The van der Waals surface area contributed by atoms with E-state index in [0.29, 0.717) is 19.1 Å². The molecule has 162 valence electrons. The van der Waals surface area contributed by atoms with Crippen molar-refractivity contribution in [2.24, 2.45) is 5.92 Å². The Balaban J connectivity index is 1.33. The van der Waals surface area contributed by atoms with E-state index in [-0.39, 0.29) is 24.4 Å². The summed E-state index contributed by atoms with van der Waals surface area (Å²) in [5.41, 5.74) is 3.78. The van der Waals surface area contributed by atoms with Crippen molar-refractivity contribution in [3.8, 4) is 0 Å². The van der Waals surface area contributed by atoms with Gasteiger partial charge in [0.1, 0.15) is 24.4 Å². The molecule has 0 aromatic heterocycles. The van der Waals surface area contributed by atoms with E-state index in [1.807, 2.05) is 32.0 Å². The minimum atomic E-state index is -0.624. The highest BCUT2D eigenvalue weighted by Gasteiger charge is 2.53. The molecule has 0 spiro atoms. The minimum absolute atomic E-state index is 0.0856. The fourth-order valence-electron chi connectivity index (χ4n) is 4.89. The second kappa shape index (κ2) is 8.71. The number of rotatable bonds is 6. The Labute approximate surface area is 184 Å². The van der Waals surface area contributed by atoms with Crippen molar-refractivity contribution in [2.75, 3.05) is 13.2 Å². The van der Waals surface area contributed by atoms with Crippen LogP contribution < -0.4 is 0 Å². The van der Waals surface area contributed by atoms with Gasteiger partial charge < -0.3 is 18.9 Å². The summed E-state index contributed by atoms with van der Waals surface area (Å²) < 4.78 is 25.1. The van der Waals surface area contributed by atoms with Gasteiger partial charge in [-0.1, -0.05) is 78.9 Å². The molecule has 3 aliphatic rings. The van der Waals surface area contributed by atoms with Crippen LogP contribution in [0.1, 0.15) is 25.0 Å². The van der Waals surface area contributed by atoms with Crippen LogP contribution in [0.2, 0.25) is 0 Å². The first-order valence-electron chi connectivity index (χ1n) is 11.1. The first kappa shape index (κ1) is 20.7. The third-order valence-electron chi connectivity index (χ3n) is 6.24. The monoisotopic (exact) mass is 418 g/mol. The zero-order chi connectivity index (χ0) is 21.3. The maximum Gasteiger partial charge on any atom is 0.164 e. The van der Waals surface area contributed by atoms with Gasteiger partial charge in [0.25, 0.3) is 0 Å². The van der Waals surface area contributed by atoms with Gasteiger partial charge in [0.2, 0.25) is 0 Å². The lowest BCUT2D eigenvalue weighted by Crippen LogP contribution is -2.48. The van der Waals surface area contributed by atoms with Crippen molar-refractivity contribution in [3.05, 3.63) is 89.5 Å². The number of hydrogen-bond acceptors (Lipinski definition) is 4. The van der Waals surface area contributed by atoms with Gasteiger partial charge in [0.15, 0.2) is 5.79 Å². The van der Waals surface area contributed by atoms with Crippen LogP contribution in [-0.4, -0.2) is 43.4 Å². The van der Waals surface area contributed by atoms with Gasteiger partial charge >= 0.3 is 0 Å². The highest BCUT2D eigenvalue weighted by molar-refractivity contribution is 5.48. The van der Waals surface area contributed by atoms with E-state index in [1.54, 1.807) is 0 Å². The van der Waals surface area contributed by atoms with Gasteiger partial charge in [-0.15, -0.1) is 0 Å². The predicted molar refractivity (Wildman–Crippen MR) is 121 cm³/mol. The van der Waals surface area contributed by atoms with Gasteiger partial charge in [-0.2, -0.15) is 0 Å². The highest BCUT2D eigenvalue weighted by Crippen LogP contribution is 2.43.